The van der Waals surface area contributed by atoms with Crippen LogP contribution in [0.3, 0.4) is 0 Å². The third kappa shape index (κ3) is 6.48. The van der Waals surface area contributed by atoms with Crippen molar-refractivity contribution in [3.63, 3.8) is 0 Å². The summed E-state index contributed by atoms with van der Waals surface area (Å²) in [7, 11) is 0. The smallest absolute Gasteiger partial charge is 0.309 e. The number of hydrogen-bond acceptors (Lipinski definition) is 9. The van der Waals surface area contributed by atoms with Crippen molar-refractivity contribution in [2.45, 2.75) is 76.9 Å². The number of aryl methyl sites for hydroxylation is 1. The molecule has 2 unspecified atom stereocenters. The van der Waals surface area contributed by atoms with Crippen LogP contribution in [0.5, 0.6) is 0 Å². The minimum absolute atomic E-state index is 0.0443. The SMILES string of the molecule is Cc1nc(/C=C(\F)[C@@H]2CC3OC3(Cl)COC[C@H](C)[C@H](O)[C@@H](C)C(=O)C(C)(C)[C@@H](O)CC(=O)O2)co1. The highest BCUT2D eigenvalue weighted by molar-refractivity contribution is 6.25. The van der Waals surface area contributed by atoms with Gasteiger partial charge in [0.05, 0.1) is 37.3 Å². The number of cyclic esters (lactones) is 1. The Bertz CT molecular complexity index is 965. The Morgan fingerprint density at radius 3 is 2.60 bits per heavy atom. The zero-order chi connectivity index (χ0) is 26.1. The Balaban J connectivity index is 1.85. The van der Waals surface area contributed by atoms with Crippen LogP contribution in [-0.4, -0.2) is 69.6 Å². The standard InChI is InChI=1S/C24H33ClFNO8/c1-12-9-32-11-24(25)19(35-24)7-17(16(26)6-15-10-33-14(3)27-15)34-20(29)8-18(28)23(4,5)22(31)13(2)21(12)30/h6,10,12-13,17-19,21,28,30H,7-9,11H2,1-5H3/b16-6-/t12-,13+,17-,18-,19?,21-,24?/m0/s1. The van der Waals surface area contributed by atoms with E-state index in [1.54, 1.807) is 20.8 Å². The van der Waals surface area contributed by atoms with Crippen LogP contribution in [0.1, 0.15) is 52.1 Å². The largest absolute Gasteiger partial charge is 0.455 e. The minimum Gasteiger partial charge on any atom is -0.455 e. The number of hydrogen-bond donors (Lipinski definition) is 2. The third-order valence-electron chi connectivity index (χ3n) is 6.71. The molecule has 7 atom stereocenters. The van der Waals surface area contributed by atoms with Crippen molar-refractivity contribution in [2.75, 3.05) is 13.2 Å². The van der Waals surface area contributed by atoms with Crippen LogP contribution in [-0.2, 0) is 23.8 Å². The van der Waals surface area contributed by atoms with E-state index >= 15 is 4.39 Å². The number of fused-ring (bicyclic) bond motifs is 1. The highest BCUT2D eigenvalue weighted by atomic mass is 35.5. The molecule has 35 heavy (non-hydrogen) atoms. The first-order valence-electron chi connectivity index (χ1n) is 11.6. The number of epoxide rings is 1. The van der Waals surface area contributed by atoms with Crippen LogP contribution in [0.15, 0.2) is 16.5 Å². The Morgan fingerprint density at radius 2 is 1.97 bits per heavy atom. The summed E-state index contributed by atoms with van der Waals surface area (Å²) in [6.07, 6.45) is -2.83. The average Bonchev–Trinajstić information content (AvgIpc) is 3.22. The number of aliphatic hydroxyl groups excluding tert-OH is 2. The minimum atomic E-state index is -1.42. The Labute approximate surface area is 208 Å². The van der Waals surface area contributed by atoms with Gasteiger partial charge in [-0.1, -0.05) is 39.3 Å². The van der Waals surface area contributed by atoms with E-state index in [0.29, 0.717) is 5.89 Å². The molecule has 0 bridgehead atoms. The maximum absolute atomic E-state index is 15.2. The van der Waals surface area contributed by atoms with Crippen LogP contribution in [0.2, 0.25) is 0 Å². The summed E-state index contributed by atoms with van der Waals surface area (Å²) in [5.74, 6) is -3.06. The number of esters is 1. The molecule has 0 amide bonds. The zero-order valence-electron chi connectivity index (χ0n) is 20.5. The number of halogens is 2. The summed E-state index contributed by atoms with van der Waals surface area (Å²) in [6.45, 7) is 7.93. The number of alkyl halides is 1. The monoisotopic (exact) mass is 517 g/mol. The molecule has 196 valence electrons. The van der Waals surface area contributed by atoms with E-state index in [0.717, 1.165) is 6.08 Å². The molecular weight excluding hydrogens is 485 g/mol. The second kappa shape index (κ2) is 10.6. The van der Waals surface area contributed by atoms with Crippen LogP contribution >= 0.6 is 11.6 Å². The Hall–Kier alpha value is -1.85. The summed E-state index contributed by atoms with van der Waals surface area (Å²) in [6, 6.07) is 0. The van der Waals surface area contributed by atoms with E-state index < -0.39 is 70.7 Å². The average molecular weight is 518 g/mol. The first-order valence-corrected chi connectivity index (χ1v) is 12.0. The summed E-state index contributed by atoms with van der Waals surface area (Å²) >= 11 is 6.43. The van der Waals surface area contributed by atoms with E-state index in [9.17, 15) is 19.8 Å². The molecule has 0 spiro atoms. The number of aliphatic hydroxyl groups is 2. The fourth-order valence-corrected chi connectivity index (χ4v) is 4.42. The summed E-state index contributed by atoms with van der Waals surface area (Å²) in [4.78, 5) is 29.8. The molecule has 0 saturated carbocycles. The zero-order valence-corrected chi connectivity index (χ0v) is 21.3. The van der Waals surface area contributed by atoms with Gasteiger partial charge in [-0.2, -0.15) is 0 Å². The summed E-state index contributed by atoms with van der Waals surface area (Å²) in [5, 5.41) is 20.1. The Kier molecular flexibility index (Phi) is 8.43. The van der Waals surface area contributed by atoms with Crippen molar-refractivity contribution in [3.8, 4) is 0 Å². The predicted molar refractivity (Wildman–Crippen MR) is 123 cm³/mol. The molecule has 0 aromatic carbocycles. The molecular formula is C24H33ClFNO8. The van der Waals surface area contributed by atoms with Crippen molar-refractivity contribution in [3.05, 3.63) is 23.7 Å². The number of rotatable bonds is 2. The van der Waals surface area contributed by atoms with Gasteiger partial charge >= 0.3 is 5.97 Å². The topological polar surface area (TPSA) is 132 Å². The molecule has 9 nitrogen and oxygen atoms in total. The molecule has 3 heterocycles. The molecule has 11 heteroatoms. The number of aromatic nitrogens is 1. The first kappa shape index (κ1) is 27.7. The van der Waals surface area contributed by atoms with E-state index in [1.165, 1.54) is 20.1 Å². The molecule has 2 aliphatic rings. The summed E-state index contributed by atoms with van der Waals surface area (Å²) < 4.78 is 36.7. The van der Waals surface area contributed by atoms with Crippen LogP contribution in [0, 0.1) is 24.2 Å². The second-order valence-electron chi connectivity index (χ2n) is 10.0. The maximum Gasteiger partial charge on any atom is 0.309 e. The molecule has 0 radical (unpaired) electrons. The lowest BCUT2D eigenvalue weighted by Crippen LogP contribution is -2.46. The van der Waals surface area contributed by atoms with Gasteiger partial charge in [0, 0.05) is 31.3 Å². The number of ketones is 1. The number of carbonyl (C=O) groups excluding carboxylic acids is 2. The third-order valence-corrected chi connectivity index (χ3v) is 7.15. The normalized spacial score (nSPS) is 37.5. The van der Waals surface area contributed by atoms with E-state index in [4.69, 9.17) is 30.2 Å². The van der Waals surface area contributed by atoms with Crippen molar-refractivity contribution in [1.29, 1.82) is 0 Å². The van der Waals surface area contributed by atoms with E-state index in [2.05, 4.69) is 4.98 Å². The van der Waals surface area contributed by atoms with Gasteiger partial charge in [0.1, 0.15) is 29.7 Å². The number of oxazole rings is 1. The molecule has 3 rings (SSSR count). The van der Waals surface area contributed by atoms with Gasteiger partial charge in [0.2, 0.25) is 0 Å². The highest BCUT2D eigenvalue weighted by Gasteiger charge is 2.57. The molecule has 0 aliphatic carbocycles. The lowest BCUT2D eigenvalue weighted by molar-refractivity contribution is -0.155. The van der Waals surface area contributed by atoms with Crippen molar-refractivity contribution >= 4 is 29.4 Å². The van der Waals surface area contributed by atoms with Gasteiger partial charge in [-0.15, -0.1) is 0 Å². The van der Waals surface area contributed by atoms with E-state index in [-0.39, 0.29) is 25.3 Å². The van der Waals surface area contributed by atoms with Gasteiger partial charge in [-0.05, 0) is 0 Å². The van der Waals surface area contributed by atoms with Crippen molar-refractivity contribution in [2.24, 2.45) is 17.3 Å². The molecule has 2 saturated heterocycles. The highest BCUT2D eigenvalue weighted by Crippen LogP contribution is 2.45. The fraction of sp³-hybridized carbons (Fsp3) is 0.708. The summed E-state index contributed by atoms with van der Waals surface area (Å²) in [5.41, 5.74) is -1.17. The molecule has 1 aromatic heterocycles. The van der Waals surface area contributed by atoms with Crippen molar-refractivity contribution in [1.82, 2.24) is 4.98 Å². The van der Waals surface area contributed by atoms with Gasteiger partial charge in [0.25, 0.3) is 0 Å². The fourth-order valence-electron chi connectivity index (χ4n) is 4.15. The van der Waals surface area contributed by atoms with Gasteiger partial charge in [0.15, 0.2) is 17.1 Å². The lowest BCUT2D eigenvalue weighted by Gasteiger charge is -2.34. The quantitative estimate of drug-likeness (QED) is 0.345. The number of Topliss-reactive ketones (excluding diaryl/α,β-unsaturated/α-hetero) is 1. The molecule has 2 aliphatic heterocycles. The van der Waals surface area contributed by atoms with Gasteiger partial charge < -0.3 is 28.8 Å². The van der Waals surface area contributed by atoms with Crippen LogP contribution in [0.25, 0.3) is 6.08 Å². The molecule has 2 N–H and O–H groups in total. The molecule has 2 fully saturated rings. The van der Waals surface area contributed by atoms with Gasteiger partial charge in [-0.3, -0.25) is 9.59 Å². The van der Waals surface area contributed by atoms with Crippen LogP contribution < -0.4 is 0 Å². The lowest BCUT2D eigenvalue weighted by atomic mass is 9.73. The number of carbonyl (C=O) groups is 2. The van der Waals surface area contributed by atoms with Crippen molar-refractivity contribution < 1.29 is 42.8 Å². The number of nitrogens with zero attached hydrogens (tertiary/aromatic N) is 1. The van der Waals surface area contributed by atoms with Gasteiger partial charge in [-0.25, -0.2) is 9.37 Å². The first-order chi connectivity index (χ1) is 16.2. The maximum atomic E-state index is 15.2. The molecule has 1 aromatic rings. The Morgan fingerprint density at radius 1 is 1.29 bits per heavy atom. The predicted octanol–water partition coefficient (Wildman–Crippen LogP) is 2.94. The number of ether oxygens (including phenoxy) is 3. The van der Waals surface area contributed by atoms with Crippen LogP contribution in [0.4, 0.5) is 4.39 Å². The van der Waals surface area contributed by atoms with E-state index in [1.807, 2.05) is 0 Å². The second-order valence-corrected chi connectivity index (χ2v) is 10.6.